The summed E-state index contributed by atoms with van der Waals surface area (Å²) in [6, 6.07) is 6.52. The number of fused-ring (bicyclic) bond motifs is 1. The number of alkyl carbamates (subject to hydrolysis) is 1. The number of thioether (sulfide) groups is 1. The maximum Gasteiger partial charge on any atom is 0.413 e. The van der Waals surface area contributed by atoms with Crippen molar-refractivity contribution in [3.8, 4) is 0 Å². The van der Waals surface area contributed by atoms with Crippen molar-refractivity contribution < 1.29 is 18.3 Å². The van der Waals surface area contributed by atoms with E-state index in [1.165, 1.54) is 17.8 Å². The second-order valence-corrected chi connectivity index (χ2v) is 8.84. The molecule has 1 saturated carbocycles. The van der Waals surface area contributed by atoms with Crippen molar-refractivity contribution in [2.75, 3.05) is 5.75 Å². The van der Waals surface area contributed by atoms with Crippen LogP contribution < -0.4 is 5.32 Å². The molecule has 7 heteroatoms. The lowest BCUT2D eigenvalue weighted by molar-refractivity contribution is 0.0562. The van der Waals surface area contributed by atoms with E-state index in [1.807, 2.05) is 0 Å². The van der Waals surface area contributed by atoms with Crippen LogP contribution in [0.3, 0.4) is 0 Å². The molecule has 1 N–H and O–H groups in total. The van der Waals surface area contributed by atoms with Crippen LogP contribution in [0.5, 0.6) is 0 Å². The summed E-state index contributed by atoms with van der Waals surface area (Å²) < 4.78 is 33.8. The Labute approximate surface area is 156 Å². The fraction of sp³-hybridized carbons (Fsp3) is 0.579. The molecule has 1 aromatic rings. The number of nitrogens with one attached hydrogen (secondary N) is 1. The highest BCUT2D eigenvalue weighted by atomic mass is 32.2. The lowest BCUT2D eigenvalue weighted by atomic mass is 9.69. The highest BCUT2D eigenvalue weighted by Gasteiger charge is 2.48. The van der Waals surface area contributed by atoms with Gasteiger partial charge in [-0.3, -0.25) is 10.3 Å². The van der Waals surface area contributed by atoms with Gasteiger partial charge in [-0.2, -0.15) is 0 Å². The van der Waals surface area contributed by atoms with Crippen molar-refractivity contribution in [1.29, 1.82) is 0 Å². The lowest BCUT2D eigenvalue weighted by Crippen LogP contribution is -2.47. The Morgan fingerprint density at radius 3 is 2.81 bits per heavy atom. The number of aliphatic imine (C=N–C) groups is 1. The van der Waals surface area contributed by atoms with Crippen LogP contribution in [0.25, 0.3) is 0 Å². The van der Waals surface area contributed by atoms with Crippen molar-refractivity contribution in [3.05, 3.63) is 35.6 Å². The SMILES string of the molecule is CC(C)(C)OC(=O)NC1=N[C@@]2(c3ccccc3F)CC[C@H](F)C[C@H]2CS1. The standard InChI is InChI=1S/C19H24F2N2O2S/c1-18(2,3)25-17(24)22-16-23-19(14-6-4-5-7-15(14)21)9-8-13(20)10-12(19)11-26-16/h4-7,12-13H,8-11H2,1-3H3,(H,22,23,24)/t12-,13-,19-/m0/s1. The van der Waals surface area contributed by atoms with Crippen molar-refractivity contribution in [2.45, 2.75) is 57.3 Å². The number of carbonyl (C=O) groups excluding carboxylic acids is 1. The Morgan fingerprint density at radius 2 is 2.12 bits per heavy atom. The van der Waals surface area contributed by atoms with E-state index in [1.54, 1.807) is 39.0 Å². The smallest absolute Gasteiger partial charge is 0.413 e. The number of alkyl halides is 1. The molecule has 0 aromatic heterocycles. The van der Waals surface area contributed by atoms with Gasteiger partial charge in [-0.1, -0.05) is 30.0 Å². The molecule has 26 heavy (non-hydrogen) atoms. The van der Waals surface area contributed by atoms with E-state index in [4.69, 9.17) is 9.73 Å². The normalized spacial score (nSPS) is 28.7. The second-order valence-electron chi connectivity index (χ2n) is 7.83. The van der Waals surface area contributed by atoms with Crippen LogP contribution in [0.1, 0.15) is 45.6 Å². The Bertz CT molecular complexity index is 720. The lowest BCUT2D eigenvalue weighted by Gasteiger charge is -2.45. The molecule has 1 aromatic carbocycles. The van der Waals surface area contributed by atoms with E-state index in [0.717, 1.165) is 0 Å². The number of halogens is 2. The molecule has 1 heterocycles. The average molecular weight is 382 g/mol. The van der Waals surface area contributed by atoms with E-state index in [-0.39, 0.29) is 11.7 Å². The third kappa shape index (κ3) is 4.03. The quantitative estimate of drug-likeness (QED) is 0.760. The average Bonchev–Trinajstić information content (AvgIpc) is 2.53. The Hall–Kier alpha value is -1.63. The number of amides is 1. The van der Waals surface area contributed by atoms with Gasteiger partial charge in [0, 0.05) is 17.2 Å². The van der Waals surface area contributed by atoms with Crippen LogP contribution in [0, 0.1) is 11.7 Å². The number of hydrogen-bond donors (Lipinski definition) is 1. The van der Waals surface area contributed by atoms with Crippen molar-refractivity contribution in [1.82, 2.24) is 5.32 Å². The van der Waals surface area contributed by atoms with Gasteiger partial charge in [-0.25, -0.2) is 13.6 Å². The first-order valence-electron chi connectivity index (χ1n) is 8.81. The largest absolute Gasteiger partial charge is 0.444 e. The number of ether oxygens (including phenoxy) is 1. The summed E-state index contributed by atoms with van der Waals surface area (Å²) in [7, 11) is 0. The molecule has 4 nitrogen and oxygen atoms in total. The molecule has 1 aliphatic heterocycles. The van der Waals surface area contributed by atoms with Gasteiger partial charge in [0.25, 0.3) is 0 Å². The van der Waals surface area contributed by atoms with Crippen LogP contribution in [0.4, 0.5) is 13.6 Å². The van der Waals surface area contributed by atoms with Crippen LogP contribution >= 0.6 is 11.8 Å². The first-order valence-corrected chi connectivity index (χ1v) is 9.80. The Morgan fingerprint density at radius 1 is 1.38 bits per heavy atom. The molecule has 3 atom stereocenters. The molecule has 1 aliphatic carbocycles. The van der Waals surface area contributed by atoms with E-state index in [9.17, 15) is 13.6 Å². The second kappa shape index (κ2) is 7.18. The maximum atomic E-state index is 14.6. The van der Waals surface area contributed by atoms with E-state index in [2.05, 4.69) is 5.32 Å². The summed E-state index contributed by atoms with van der Waals surface area (Å²) in [5.74, 6) is 0.114. The van der Waals surface area contributed by atoms with Crippen molar-refractivity contribution in [2.24, 2.45) is 10.9 Å². The van der Waals surface area contributed by atoms with E-state index in [0.29, 0.717) is 35.7 Å². The molecule has 1 amide bonds. The fourth-order valence-electron chi connectivity index (χ4n) is 3.63. The zero-order chi connectivity index (χ0) is 18.9. The third-order valence-electron chi connectivity index (χ3n) is 4.72. The van der Waals surface area contributed by atoms with Gasteiger partial charge < -0.3 is 4.74 Å². The van der Waals surface area contributed by atoms with Crippen LogP contribution in [-0.4, -0.2) is 28.8 Å². The molecule has 2 aliphatic rings. The number of carbonyl (C=O) groups is 1. The predicted octanol–water partition coefficient (Wildman–Crippen LogP) is 4.79. The number of nitrogens with zero attached hydrogens (tertiary/aromatic N) is 1. The zero-order valence-corrected chi connectivity index (χ0v) is 16.0. The third-order valence-corrected chi connectivity index (χ3v) is 5.76. The van der Waals surface area contributed by atoms with Gasteiger partial charge >= 0.3 is 6.09 Å². The van der Waals surface area contributed by atoms with Gasteiger partial charge in [-0.15, -0.1) is 0 Å². The minimum atomic E-state index is -0.893. The molecule has 1 fully saturated rings. The van der Waals surface area contributed by atoms with Gasteiger partial charge in [0.2, 0.25) is 0 Å². The van der Waals surface area contributed by atoms with Gasteiger partial charge in [-0.05, 0) is 46.1 Å². The fourth-order valence-corrected chi connectivity index (χ4v) is 4.78. The zero-order valence-electron chi connectivity index (χ0n) is 15.2. The van der Waals surface area contributed by atoms with Gasteiger partial charge in [0.05, 0.1) is 5.54 Å². The highest BCUT2D eigenvalue weighted by molar-refractivity contribution is 8.13. The monoisotopic (exact) mass is 382 g/mol. The molecule has 0 radical (unpaired) electrons. The van der Waals surface area contributed by atoms with Crippen LogP contribution in [-0.2, 0) is 10.3 Å². The highest BCUT2D eigenvalue weighted by Crippen LogP contribution is 2.50. The number of benzene rings is 1. The molecule has 142 valence electrons. The predicted molar refractivity (Wildman–Crippen MR) is 99.6 cm³/mol. The Kier molecular flexibility index (Phi) is 5.28. The van der Waals surface area contributed by atoms with Crippen molar-refractivity contribution in [3.63, 3.8) is 0 Å². The number of amidine groups is 1. The molecule has 0 spiro atoms. The van der Waals surface area contributed by atoms with E-state index >= 15 is 0 Å². The van der Waals surface area contributed by atoms with Crippen molar-refractivity contribution >= 4 is 23.0 Å². The molecule has 0 bridgehead atoms. The summed E-state index contributed by atoms with van der Waals surface area (Å²) in [5.41, 5.74) is -0.994. The first kappa shape index (κ1) is 19.1. The number of rotatable bonds is 1. The Balaban J connectivity index is 1.93. The summed E-state index contributed by atoms with van der Waals surface area (Å²) in [6.07, 6.45) is -0.385. The molecular weight excluding hydrogens is 358 g/mol. The van der Waals surface area contributed by atoms with E-state index < -0.39 is 23.4 Å². The number of hydrogen-bond acceptors (Lipinski definition) is 4. The minimum absolute atomic E-state index is 0.114. The van der Waals surface area contributed by atoms with Gasteiger partial charge in [0.15, 0.2) is 5.17 Å². The maximum absolute atomic E-state index is 14.6. The van der Waals surface area contributed by atoms with Gasteiger partial charge in [0.1, 0.15) is 17.6 Å². The van der Waals surface area contributed by atoms with Crippen LogP contribution in [0.15, 0.2) is 29.3 Å². The summed E-state index contributed by atoms with van der Waals surface area (Å²) in [6.45, 7) is 5.34. The molecule has 3 rings (SSSR count). The first-order chi connectivity index (χ1) is 12.2. The molecule has 0 unspecified atom stereocenters. The topological polar surface area (TPSA) is 50.7 Å². The van der Waals surface area contributed by atoms with Crippen LogP contribution in [0.2, 0.25) is 0 Å². The summed E-state index contributed by atoms with van der Waals surface area (Å²) in [5, 5.41) is 3.07. The molecule has 0 saturated heterocycles. The summed E-state index contributed by atoms with van der Waals surface area (Å²) >= 11 is 1.35. The summed E-state index contributed by atoms with van der Waals surface area (Å²) in [4.78, 5) is 16.8. The minimum Gasteiger partial charge on any atom is -0.444 e. The molecular formula is C19H24F2N2O2S.